The molecule has 6 nitrogen and oxygen atoms in total. The molecule has 0 aromatic heterocycles. The molecule has 1 N–H and O–H groups in total. The molecule has 9 heteroatoms. The van der Waals surface area contributed by atoms with Crippen LogP contribution in [0.1, 0.15) is 10.4 Å². The number of hydrogen-bond acceptors (Lipinski definition) is 4. The summed E-state index contributed by atoms with van der Waals surface area (Å²) in [5.74, 6) is -4.35. The van der Waals surface area contributed by atoms with Crippen LogP contribution in [0.3, 0.4) is 0 Å². The van der Waals surface area contributed by atoms with E-state index >= 15 is 4.39 Å². The minimum absolute atomic E-state index is 0.123. The Morgan fingerprint density at radius 1 is 1.10 bits per heavy atom. The van der Waals surface area contributed by atoms with E-state index in [9.17, 15) is 19.1 Å². The fourth-order valence-corrected chi connectivity index (χ4v) is 3.85. The van der Waals surface area contributed by atoms with Crippen molar-refractivity contribution in [2.45, 2.75) is 0 Å². The number of phenolic OH excluding ortho intramolecular Hbond substituents is 1. The molecule has 1 aliphatic heterocycles. The first-order chi connectivity index (χ1) is 14.7. The van der Waals surface area contributed by atoms with E-state index in [0.717, 1.165) is 0 Å². The van der Waals surface area contributed by atoms with Crippen LogP contribution < -0.4 is 4.90 Å². The number of benzene rings is 2. The fraction of sp³-hybridized carbons (Fsp3) is 0.273. The number of rotatable bonds is 4. The highest BCUT2D eigenvalue weighted by Crippen LogP contribution is 2.45. The van der Waals surface area contributed by atoms with Crippen LogP contribution in [0.2, 0.25) is 5.02 Å². The summed E-state index contributed by atoms with van der Waals surface area (Å²) in [5.41, 5.74) is -0.960. The van der Waals surface area contributed by atoms with Gasteiger partial charge >= 0.3 is 0 Å². The first kappa shape index (κ1) is 22.6. The predicted octanol–water partition coefficient (Wildman–Crippen LogP) is 3.53. The standard InChI is InChI=1S/C22H22ClF2N3O3/c1-4-15(29)27-9-11-28(12-10-27)22(31)17-16(13-7-5-6-8-14(13)23)21(30)20(26(2)3)19(25)18(17)24/h4-8,30H,1,9-12H2,2-3H3. The quantitative estimate of drug-likeness (QED) is 0.725. The maximum atomic E-state index is 15.3. The molecule has 0 atom stereocenters. The molecule has 1 fully saturated rings. The fourth-order valence-electron chi connectivity index (χ4n) is 3.62. The monoisotopic (exact) mass is 449 g/mol. The van der Waals surface area contributed by atoms with Gasteiger partial charge in [-0.05, 0) is 12.1 Å². The van der Waals surface area contributed by atoms with Gasteiger partial charge in [-0.2, -0.15) is 0 Å². The molecule has 1 saturated heterocycles. The summed E-state index contributed by atoms with van der Waals surface area (Å²) in [6.45, 7) is 4.13. The van der Waals surface area contributed by atoms with E-state index in [1.54, 1.807) is 12.1 Å². The number of halogens is 3. The lowest BCUT2D eigenvalue weighted by molar-refractivity contribution is -0.127. The van der Waals surface area contributed by atoms with Crippen molar-refractivity contribution in [1.29, 1.82) is 0 Å². The number of amides is 2. The molecule has 1 aliphatic rings. The molecule has 2 aromatic rings. The molecule has 0 saturated carbocycles. The van der Waals surface area contributed by atoms with Gasteiger partial charge < -0.3 is 19.8 Å². The van der Waals surface area contributed by atoms with Crippen molar-refractivity contribution in [1.82, 2.24) is 9.80 Å². The summed E-state index contributed by atoms with van der Waals surface area (Å²) in [6, 6.07) is 6.31. The molecular weight excluding hydrogens is 428 g/mol. The lowest BCUT2D eigenvalue weighted by atomic mass is 9.95. The van der Waals surface area contributed by atoms with Gasteiger partial charge in [0, 0.05) is 56.4 Å². The maximum absolute atomic E-state index is 15.3. The van der Waals surface area contributed by atoms with Crippen molar-refractivity contribution in [2.24, 2.45) is 0 Å². The Labute approximate surface area is 183 Å². The van der Waals surface area contributed by atoms with Gasteiger partial charge in [-0.3, -0.25) is 9.59 Å². The Balaban J connectivity index is 2.14. The summed E-state index contributed by atoms with van der Waals surface area (Å²) >= 11 is 6.27. The van der Waals surface area contributed by atoms with Crippen LogP contribution >= 0.6 is 11.6 Å². The number of carbonyl (C=O) groups is 2. The normalized spacial score (nSPS) is 13.8. The maximum Gasteiger partial charge on any atom is 0.257 e. The zero-order chi connectivity index (χ0) is 22.9. The van der Waals surface area contributed by atoms with E-state index < -0.39 is 28.9 Å². The Kier molecular flexibility index (Phi) is 6.50. The third-order valence-corrected chi connectivity index (χ3v) is 5.52. The third-order valence-electron chi connectivity index (χ3n) is 5.19. The number of anilines is 1. The molecular formula is C22H22ClF2N3O3. The van der Waals surface area contributed by atoms with E-state index in [0.29, 0.717) is 0 Å². The van der Waals surface area contributed by atoms with Crippen LogP contribution in [0.5, 0.6) is 5.75 Å². The summed E-state index contributed by atoms with van der Waals surface area (Å²) in [5, 5.41) is 11.0. The van der Waals surface area contributed by atoms with Crippen LogP contribution in [-0.2, 0) is 4.79 Å². The highest BCUT2D eigenvalue weighted by Gasteiger charge is 2.34. The Hall–Kier alpha value is -3.13. The van der Waals surface area contributed by atoms with Crippen molar-refractivity contribution >= 4 is 29.1 Å². The van der Waals surface area contributed by atoms with Crippen LogP contribution in [0.15, 0.2) is 36.9 Å². The van der Waals surface area contributed by atoms with Gasteiger partial charge in [0.15, 0.2) is 17.4 Å². The van der Waals surface area contributed by atoms with Gasteiger partial charge in [0.2, 0.25) is 5.91 Å². The molecule has 0 bridgehead atoms. The Morgan fingerprint density at radius 2 is 1.68 bits per heavy atom. The van der Waals surface area contributed by atoms with Gasteiger partial charge in [0.05, 0.1) is 5.56 Å². The van der Waals surface area contributed by atoms with E-state index in [1.165, 1.54) is 47.0 Å². The molecule has 2 amide bonds. The SMILES string of the molecule is C=CC(=O)N1CCN(C(=O)c2c(F)c(F)c(N(C)C)c(O)c2-c2ccccc2Cl)CC1. The third kappa shape index (κ3) is 4.07. The van der Waals surface area contributed by atoms with Gasteiger partial charge in [-0.15, -0.1) is 0 Å². The van der Waals surface area contributed by atoms with Crippen molar-refractivity contribution < 1.29 is 23.5 Å². The smallest absolute Gasteiger partial charge is 0.257 e. The van der Waals surface area contributed by atoms with Crippen molar-refractivity contribution in [2.75, 3.05) is 45.2 Å². The average Bonchev–Trinajstić information content (AvgIpc) is 2.75. The Morgan fingerprint density at radius 3 is 2.23 bits per heavy atom. The highest BCUT2D eigenvalue weighted by molar-refractivity contribution is 6.33. The average molecular weight is 450 g/mol. The van der Waals surface area contributed by atoms with Gasteiger partial charge in [-0.1, -0.05) is 36.4 Å². The first-order valence-corrected chi connectivity index (χ1v) is 9.93. The molecule has 0 spiro atoms. The number of phenols is 1. The number of hydrogen-bond donors (Lipinski definition) is 1. The molecule has 3 rings (SSSR count). The lowest BCUT2D eigenvalue weighted by Gasteiger charge is -2.35. The molecule has 2 aromatic carbocycles. The topological polar surface area (TPSA) is 64.1 Å². The second kappa shape index (κ2) is 8.93. The number of nitrogens with zero attached hydrogens (tertiary/aromatic N) is 3. The molecule has 1 heterocycles. The molecule has 0 radical (unpaired) electrons. The highest BCUT2D eigenvalue weighted by atomic mass is 35.5. The van der Waals surface area contributed by atoms with Crippen LogP contribution in [0.25, 0.3) is 11.1 Å². The van der Waals surface area contributed by atoms with Gasteiger partial charge in [0.25, 0.3) is 5.91 Å². The van der Waals surface area contributed by atoms with E-state index in [-0.39, 0.29) is 53.9 Å². The van der Waals surface area contributed by atoms with Crippen molar-refractivity contribution in [3.05, 3.63) is 59.1 Å². The number of piperazine rings is 1. The minimum Gasteiger partial charge on any atom is -0.505 e. The summed E-state index contributed by atoms with van der Waals surface area (Å²) in [4.78, 5) is 29.1. The van der Waals surface area contributed by atoms with E-state index in [2.05, 4.69) is 6.58 Å². The minimum atomic E-state index is -1.37. The van der Waals surface area contributed by atoms with Gasteiger partial charge in [-0.25, -0.2) is 8.78 Å². The Bertz CT molecular complexity index is 1050. The van der Waals surface area contributed by atoms with E-state index in [1.807, 2.05) is 0 Å². The van der Waals surface area contributed by atoms with Crippen LogP contribution in [0, 0.1) is 11.6 Å². The zero-order valence-corrected chi connectivity index (χ0v) is 17.9. The number of carbonyl (C=O) groups excluding carboxylic acids is 2. The largest absolute Gasteiger partial charge is 0.505 e. The molecule has 164 valence electrons. The first-order valence-electron chi connectivity index (χ1n) is 9.55. The predicted molar refractivity (Wildman–Crippen MR) is 115 cm³/mol. The molecule has 0 aliphatic carbocycles. The van der Waals surface area contributed by atoms with E-state index in [4.69, 9.17) is 11.6 Å². The van der Waals surface area contributed by atoms with Crippen molar-refractivity contribution in [3.8, 4) is 16.9 Å². The van der Waals surface area contributed by atoms with Crippen LogP contribution in [-0.4, -0.2) is 67.0 Å². The summed E-state index contributed by atoms with van der Waals surface area (Å²) < 4.78 is 30.1. The summed E-state index contributed by atoms with van der Waals surface area (Å²) in [7, 11) is 2.90. The summed E-state index contributed by atoms with van der Waals surface area (Å²) in [6.07, 6.45) is 1.18. The number of aromatic hydroxyl groups is 1. The second-order valence-electron chi connectivity index (χ2n) is 7.27. The van der Waals surface area contributed by atoms with Gasteiger partial charge in [0.1, 0.15) is 5.69 Å². The second-order valence-corrected chi connectivity index (χ2v) is 7.68. The van der Waals surface area contributed by atoms with Crippen molar-refractivity contribution in [3.63, 3.8) is 0 Å². The molecule has 0 unspecified atom stereocenters. The lowest BCUT2D eigenvalue weighted by Crippen LogP contribution is -2.50. The van der Waals surface area contributed by atoms with Crippen LogP contribution in [0.4, 0.5) is 14.5 Å². The molecule has 31 heavy (non-hydrogen) atoms. The zero-order valence-electron chi connectivity index (χ0n) is 17.2.